The van der Waals surface area contributed by atoms with E-state index in [1.54, 1.807) is 0 Å². The Morgan fingerprint density at radius 1 is 1.12 bits per heavy atom. The van der Waals surface area contributed by atoms with Crippen molar-refractivity contribution in [1.82, 2.24) is 14.3 Å². The Kier molecular flexibility index (Phi) is 4.68. The summed E-state index contributed by atoms with van der Waals surface area (Å²) in [6, 6.07) is 13.3. The molecule has 4 rings (SSSR count). The molecule has 4 heteroatoms. The van der Waals surface area contributed by atoms with Crippen molar-refractivity contribution in [2.45, 2.75) is 52.1 Å². The van der Waals surface area contributed by atoms with E-state index in [-0.39, 0.29) is 0 Å². The predicted octanol–water partition coefficient (Wildman–Crippen LogP) is 4.66. The highest BCUT2D eigenvalue weighted by Gasteiger charge is 2.24. The van der Waals surface area contributed by atoms with Crippen LogP contribution in [0.2, 0.25) is 0 Å². The van der Waals surface area contributed by atoms with E-state index < -0.39 is 0 Å². The number of fused-ring (bicyclic) bond motifs is 1. The summed E-state index contributed by atoms with van der Waals surface area (Å²) in [6.07, 6.45) is 7.16. The van der Waals surface area contributed by atoms with Crippen LogP contribution in [0.4, 0.5) is 5.69 Å². The van der Waals surface area contributed by atoms with E-state index >= 15 is 0 Å². The average Bonchev–Trinajstić information content (AvgIpc) is 3.00. The van der Waals surface area contributed by atoms with E-state index in [0.29, 0.717) is 6.04 Å². The smallest absolute Gasteiger partial charge is 0.137 e. The van der Waals surface area contributed by atoms with Gasteiger partial charge in [0.25, 0.3) is 0 Å². The number of imidazole rings is 1. The Labute approximate surface area is 155 Å². The minimum atomic E-state index is 0.668. The summed E-state index contributed by atoms with van der Waals surface area (Å²) in [4.78, 5) is 7.58. The summed E-state index contributed by atoms with van der Waals surface area (Å²) in [5.74, 6) is 0. The number of aryl methyl sites for hydroxylation is 1. The molecule has 136 valence electrons. The molecule has 26 heavy (non-hydrogen) atoms. The van der Waals surface area contributed by atoms with Crippen LogP contribution in [0.15, 0.2) is 42.6 Å². The fraction of sp³-hybridized carbons (Fsp3) is 0.409. The lowest BCUT2D eigenvalue weighted by molar-refractivity contribution is 0.134. The Balaban J connectivity index is 1.81. The van der Waals surface area contributed by atoms with E-state index in [4.69, 9.17) is 10.7 Å². The zero-order valence-corrected chi connectivity index (χ0v) is 15.8. The SMILES string of the molecule is CCC1CCCCN1Cc1c(-c2ccc(C)cc2)nc2ccc(N)cn12. The standard InChI is InChI=1S/C22H28N4/c1-3-19-6-4-5-13-25(19)15-20-22(17-9-7-16(2)8-10-17)24-21-12-11-18(23)14-26(20)21/h7-12,14,19H,3-6,13,15,23H2,1-2H3. The van der Waals surface area contributed by atoms with Gasteiger partial charge in [-0.15, -0.1) is 0 Å². The minimum absolute atomic E-state index is 0.668. The molecular weight excluding hydrogens is 320 g/mol. The highest BCUT2D eigenvalue weighted by atomic mass is 15.2. The maximum Gasteiger partial charge on any atom is 0.137 e. The van der Waals surface area contributed by atoms with Gasteiger partial charge in [-0.25, -0.2) is 4.98 Å². The second kappa shape index (κ2) is 7.12. The van der Waals surface area contributed by atoms with Crippen LogP contribution >= 0.6 is 0 Å². The average molecular weight is 348 g/mol. The molecule has 2 aromatic heterocycles. The minimum Gasteiger partial charge on any atom is -0.398 e. The molecule has 1 aromatic carbocycles. The molecule has 1 aliphatic rings. The molecule has 0 amide bonds. The van der Waals surface area contributed by atoms with Crippen molar-refractivity contribution in [3.05, 3.63) is 53.9 Å². The van der Waals surface area contributed by atoms with Gasteiger partial charge in [-0.05, 0) is 44.9 Å². The molecular formula is C22H28N4. The van der Waals surface area contributed by atoms with Gasteiger partial charge in [0.15, 0.2) is 0 Å². The summed E-state index contributed by atoms with van der Waals surface area (Å²) in [6.45, 7) is 6.51. The summed E-state index contributed by atoms with van der Waals surface area (Å²) in [7, 11) is 0. The van der Waals surface area contributed by atoms with Gasteiger partial charge in [-0.2, -0.15) is 0 Å². The molecule has 1 fully saturated rings. The van der Waals surface area contributed by atoms with E-state index in [2.05, 4.69) is 47.4 Å². The number of likely N-dealkylation sites (tertiary alicyclic amines) is 1. The van der Waals surface area contributed by atoms with Crippen LogP contribution in [0.1, 0.15) is 43.9 Å². The quantitative estimate of drug-likeness (QED) is 0.746. The summed E-state index contributed by atoms with van der Waals surface area (Å²) in [5.41, 5.74) is 12.6. The Morgan fingerprint density at radius 2 is 1.92 bits per heavy atom. The highest BCUT2D eigenvalue weighted by Crippen LogP contribution is 2.29. The van der Waals surface area contributed by atoms with Crippen LogP contribution in [0, 0.1) is 6.92 Å². The lowest BCUT2D eigenvalue weighted by Gasteiger charge is -2.35. The molecule has 1 saturated heterocycles. The summed E-state index contributed by atoms with van der Waals surface area (Å²) in [5, 5.41) is 0. The van der Waals surface area contributed by atoms with Gasteiger partial charge in [-0.1, -0.05) is 43.2 Å². The topological polar surface area (TPSA) is 46.6 Å². The van der Waals surface area contributed by atoms with Crippen LogP contribution in [-0.4, -0.2) is 26.9 Å². The lowest BCUT2D eigenvalue weighted by Crippen LogP contribution is -2.38. The molecule has 4 nitrogen and oxygen atoms in total. The molecule has 2 N–H and O–H groups in total. The first-order valence-electron chi connectivity index (χ1n) is 9.73. The van der Waals surface area contributed by atoms with Crippen LogP contribution < -0.4 is 5.73 Å². The Hall–Kier alpha value is -2.33. The Morgan fingerprint density at radius 3 is 2.69 bits per heavy atom. The van der Waals surface area contributed by atoms with Crippen LogP contribution in [0.5, 0.6) is 0 Å². The molecule has 0 radical (unpaired) electrons. The Bertz CT molecular complexity index is 894. The van der Waals surface area contributed by atoms with Gasteiger partial charge in [-0.3, -0.25) is 4.90 Å². The van der Waals surface area contributed by atoms with Crippen molar-refractivity contribution in [2.75, 3.05) is 12.3 Å². The third-order valence-electron chi connectivity index (χ3n) is 5.64. The molecule has 1 aliphatic heterocycles. The van der Waals surface area contributed by atoms with Crippen molar-refractivity contribution in [2.24, 2.45) is 0 Å². The van der Waals surface area contributed by atoms with Crippen molar-refractivity contribution >= 4 is 11.3 Å². The van der Waals surface area contributed by atoms with Crippen LogP contribution in [-0.2, 0) is 6.54 Å². The summed E-state index contributed by atoms with van der Waals surface area (Å²) < 4.78 is 2.19. The first-order chi connectivity index (χ1) is 12.7. The number of aromatic nitrogens is 2. The number of nitrogen functional groups attached to an aromatic ring is 1. The van der Waals surface area contributed by atoms with E-state index in [0.717, 1.165) is 23.6 Å². The van der Waals surface area contributed by atoms with Crippen molar-refractivity contribution in [1.29, 1.82) is 0 Å². The third-order valence-corrected chi connectivity index (χ3v) is 5.64. The number of nitrogens with two attached hydrogens (primary N) is 1. The van der Waals surface area contributed by atoms with Gasteiger partial charge in [0.1, 0.15) is 5.65 Å². The second-order valence-electron chi connectivity index (χ2n) is 7.49. The molecule has 0 aliphatic carbocycles. The largest absolute Gasteiger partial charge is 0.398 e. The fourth-order valence-corrected chi connectivity index (χ4v) is 4.13. The zero-order chi connectivity index (χ0) is 18.1. The predicted molar refractivity (Wildman–Crippen MR) is 108 cm³/mol. The van der Waals surface area contributed by atoms with Crippen molar-refractivity contribution < 1.29 is 0 Å². The number of pyridine rings is 1. The molecule has 3 aromatic rings. The van der Waals surface area contributed by atoms with E-state index in [1.807, 2.05) is 18.3 Å². The fourth-order valence-electron chi connectivity index (χ4n) is 4.13. The molecule has 1 unspecified atom stereocenters. The van der Waals surface area contributed by atoms with Gasteiger partial charge >= 0.3 is 0 Å². The third kappa shape index (κ3) is 3.21. The van der Waals surface area contributed by atoms with Crippen molar-refractivity contribution in [3.63, 3.8) is 0 Å². The number of nitrogens with zero attached hydrogens (tertiary/aromatic N) is 3. The number of benzene rings is 1. The summed E-state index contributed by atoms with van der Waals surface area (Å²) >= 11 is 0. The first-order valence-corrected chi connectivity index (χ1v) is 9.73. The van der Waals surface area contributed by atoms with Crippen LogP contribution in [0.25, 0.3) is 16.9 Å². The first kappa shape index (κ1) is 17.1. The number of hydrogen-bond acceptors (Lipinski definition) is 3. The normalized spacial score (nSPS) is 18.5. The number of anilines is 1. The van der Waals surface area contributed by atoms with Crippen LogP contribution in [0.3, 0.4) is 0 Å². The van der Waals surface area contributed by atoms with E-state index in [9.17, 15) is 0 Å². The molecule has 1 atom stereocenters. The molecule has 3 heterocycles. The van der Waals surface area contributed by atoms with Gasteiger partial charge in [0.05, 0.1) is 11.4 Å². The van der Waals surface area contributed by atoms with Gasteiger partial charge in [0.2, 0.25) is 0 Å². The maximum atomic E-state index is 6.08. The maximum absolute atomic E-state index is 6.08. The monoisotopic (exact) mass is 348 g/mol. The molecule has 0 bridgehead atoms. The molecule has 0 spiro atoms. The molecule has 0 saturated carbocycles. The van der Waals surface area contributed by atoms with Gasteiger partial charge < -0.3 is 10.1 Å². The lowest BCUT2D eigenvalue weighted by atomic mass is 9.99. The van der Waals surface area contributed by atoms with Crippen molar-refractivity contribution in [3.8, 4) is 11.3 Å². The van der Waals surface area contributed by atoms with E-state index in [1.165, 1.54) is 49.0 Å². The second-order valence-corrected chi connectivity index (χ2v) is 7.49. The number of hydrogen-bond donors (Lipinski definition) is 1. The highest BCUT2D eigenvalue weighted by molar-refractivity contribution is 5.67. The van der Waals surface area contributed by atoms with Gasteiger partial charge in [0, 0.05) is 30.0 Å². The number of piperidine rings is 1. The number of rotatable bonds is 4. The zero-order valence-electron chi connectivity index (χ0n) is 15.8.